The van der Waals surface area contributed by atoms with E-state index in [9.17, 15) is 10.4 Å². The second-order valence-corrected chi connectivity index (χ2v) is 2.52. The number of hydrogen-bond donors (Lipinski definition) is 2. The zero-order valence-electron chi connectivity index (χ0n) is 7.70. The van der Waals surface area contributed by atoms with Crippen LogP contribution in [0.25, 0.3) is 0 Å². The quantitative estimate of drug-likeness (QED) is 0.523. The minimum absolute atomic E-state index is 0.272. The Labute approximate surface area is 76.3 Å². The van der Waals surface area contributed by atoms with Gasteiger partial charge in [-0.25, -0.2) is 4.85 Å². The summed E-state index contributed by atoms with van der Waals surface area (Å²) in [5, 5.41) is 27.8. The lowest BCUT2D eigenvalue weighted by molar-refractivity contribution is -0.670. The summed E-state index contributed by atoms with van der Waals surface area (Å²) in [6.45, 7) is 4.93. The zero-order valence-corrected chi connectivity index (χ0v) is 7.70. The Bertz CT molecular complexity index is 258. The molecule has 0 spiro atoms. The van der Waals surface area contributed by atoms with Gasteiger partial charge in [-0.05, 0) is 13.8 Å². The van der Waals surface area contributed by atoms with Gasteiger partial charge in [0.2, 0.25) is 0 Å². The fourth-order valence-electron chi connectivity index (χ4n) is 1.04. The molecule has 0 amide bonds. The van der Waals surface area contributed by atoms with Crippen LogP contribution in [0.4, 0.5) is 11.6 Å². The topological polar surface area (TPSA) is 79.0 Å². The molecule has 6 nitrogen and oxygen atoms in total. The van der Waals surface area contributed by atoms with E-state index in [-0.39, 0.29) is 21.3 Å². The van der Waals surface area contributed by atoms with Gasteiger partial charge in [0.1, 0.15) is 5.82 Å². The molecule has 13 heavy (non-hydrogen) atoms. The van der Waals surface area contributed by atoms with Crippen LogP contribution in [-0.2, 0) is 0 Å². The van der Waals surface area contributed by atoms with Crippen molar-refractivity contribution >= 4 is 11.6 Å². The second-order valence-electron chi connectivity index (χ2n) is 2.52. The number of aromatic nitrogens is 2. The van der Waals surface area contributed by atoms with Crippen molar-refractivity contribution in [3.63, 3.8) is 0 Å². The van der Waals surface area contributed by atoms with Gasteiger partial charge < -0.3 is 15.7 Å². The predicted molar refractivity (Wildman–Crippen MR) is 50.5 cm³/mol. The fraction of sp³-hybridized carbons (Fsp3) is 0.571. The first-order valence-electron chi connectivity index (χ1n) is 4.21. The first kappa shape index (κ1) is 9.50. The molecule has 0 saturated carbocycles. The minimum Gasteiger partial charge on any atom is -0.774 e. The van der Waals surface area contributed by atoms with Crippen LogP contribution in [0.15, 0.2) is 6.07 Å². The second kappa shape index (κ2) is 3.88. The molecule has 0 saturated heterocycles. The van der Waals surface area contributed by atoms with Crippen LogP contribution in [0.5, 0.6) is 0 Å². The summed E-state index contributed by atoms with van der Waals surface area (Å²) in [6, 6.07) is 1.49. The third-order valence-electron chi connectivity index (χ3n) is 1.57. The SMILES string of the molecule is CCNc1cc(NCC)[n+]([O-])n1[O-]. The summed E-state index contributed by atoms with van der Waals surface area (Å²) < 4.78 is 0. The molecule has 1 heterocycles. The molecule has 2 N–H and O–H groups in total. The monoisotopic (exact) mass is 185 g/mol. The molecule has 6 heteroatoms. The average Bonchev–Trinajstić information content (AvgIpc) is 2.36. The van der Waals surface area contributed by atoms with E-state index in [4.69, 9.17) is 0 Å². The van der Waals surface area contributed by atoms with E-state index in [1.165, 1.54) is 6.07 Å². The Morgan fingerprint density at radius 1 is 1.38 bits per heavy atom. The van der Waals surface area contributed by atoms with Gasteiger partial charge >= 0.3 is 5.82 Å². The number of hydrogen-bond acceptors (Lipinski definition) is 4. The highest BCUT2D eigenvalue weighted by Gasteiger charge is 2.09. The van der Waals surface area contributed by atoms with Gasteiger partial charge in [0.25, 0.3) is 0 Å². The summed E-state index contributed by atoms with van der Waals surface area (Å²) in [4.78, 5) is 0.559. The van der Waals surface area contributed by atoms with Crippen molar-refractivity contribution in [3.05, 3.63) is 16.5 Å². The molecule has 0 fully saturated rings. The van der Waals surface area contributed by atoms with E-state index in [0.29, 0.717) is 13.1 Å². The molecular weight excluding hydrogens is 172 g/mol. The van der Waals surface area contributed by atoms with Crippen LogP contribution in [-0.4, -0.2) is 17.9 Å². The van der Waals surface area contributed by atoms with E-state index in [0.717, 1.165) is 0 Å². The molecule has 0 bridgehead atoms. The lowest BCUT2D eigenvalue weighted by Gasteiger charge is -2.15. The van der Waals surface area contributed by atoms with Crippen LogP contribution in [0.1, 0.15) is 13.8 Å². The van der Waals surface area contributed by atoms with Gasteiger partial charge in [0.05, 0.1) is 12.6 Å². The maximum Gasteiger partial charge on any atom is 0.300 e. The Kier molecular flexibility index (Phi) is 2.84. The van der Waals surface area contributed by atoms with Gasteiger partial charge in [0, 0.05) is 6.54 Å². The number of rotatable bonds is 4. The smallest absolute Gasteiger partial charge is 0.300 e. The van der Waals surface area contributed by atoms with Crippen LogP contribution in [0, 0.1) is 10.4 Å². The molecular formula is C7H13N4O2-. The Hall–Kier alpha value is -1.59. The van der Waals surface area contributed by atoms with Crippen molar-refractivity contribution in [1.82, 2.24) is 4.85 Å². The third-order valence-corrected chi connectivity index (χ3v) is 1.57. The molecule has 0 aliphatic carbocycles. The highest BCUT2D eigenvalue weighted by molar-refractivity contribution is 5.45. The van der Waals surface area contributed by atoms with Crippen molar-refractivity contribution in [2.75, 3.05) is 23.7 Å². The van der Waals surface area contributed by atoms with Gasteiger partial charge in [-0.15, -0.1) is 0 Å². The van der Waals surface area contributed by atoms with Gasteiger partial charge in [-0.2, -0.15) is 4.85 Å². The Morgan fingerprint density at radius 2 is 2.00 bits per heavy atom. The first-order chi connectivity index (χ1) is 6.20. The first-order valence-corrected chi connectivity index (χ1v) is 4.21. The number of nitrogens with one attached hydrogen (secondary N) is 2. The van der Waals surface area contributed by atoms with Crippen LogP contribution < -0.4 is 15.5 Å². The highest BCUT2D eigenvalue weighted by Crippen LogP contribution is 2.10. The summed E-state index contributed by atoms with van der Waals surface area (Å²) in [7, 11) is 0. The van der Waals surface area contributed by atoms with Gasteiger partial charge in [-0.3, -0.25) is 5.32 Å². The van der Waals surface area contributed by atoms with Crippen molar-refractivity contribution in [2.24, 2.45) is 0 Å². The fourth-order valence-corrected chi connectivity index (χ4v) is 1.04. The summed E-state index contributed by atoms with van der Waals surface area (Å²) in [5.41, 5.74) is 0. The molecule has 0 aliphatic heterocycles. The molecule has 0 radical (unpaired) electrons. The standard InChI is InChI=1S/C7H13N4O2/c1-3-8-6-5-7(9-4-2)11(13)10(6)12/h5,8-9H,3-4H2,1-2H3/q-1. The van der Waals surface area contributed by atoms with E-state index in [1.54, 1.807) is 0 Å². The van der Waals surface area contributed by atoms with Crippen molar-refractivity contribution in [3.8, 4) is 0 Å². The van der Waals surface area contributed by atoms with Crippen LogP contribution in [0.3, 0.4) is 0 Å². The zero-order chi connectivity index (χ0) is 9.84. The summed E-state index contributed by atoms with van der Waals surface area (Å²) in [5.74, 6) is 0.543. The highest BCUT2D eigenvalue weighted by atomic mass is 16.6. The van der Waals surface area contributed by atoms with E-state index < -0.39 is 0 Å². The Morgan fingerprint density at radius 3 is 2.54 bits per heavy atom. The van der Waals surface area contributed by atoms with Crippen molar-refractivity contribution in [1.29, 1.82) is 0 Å². The third kappa shape index (κ3) is 1.77. The van der Waals surface area contributed by atoms with Gasteiger partial charge in [0.15, 0.2) is 0 Å². The lowest BCUT2D eigenvalue weighted by atomic mass is 10.5. The largest absolute Gasteiger partial charge is 0.774 e. The molecule has 1 aromatic heterocycles. The van der Waals surface area contributed by atoms with E-state index in [2.05, 4.69) is 10.6 Å². The maximum absolute atomic E-state index is 11.1. The minimum atomic E-state index is 0.272. The van der Waals surface area contributed by atoms with Gasteiger partial charge in [-0.1, -0.05) is 0 Å². The lowest BCUT2D eigenvalue weighted by Crippen LogP contribution is -2.37. The molecule has 0 atom stereocenters. The molecule has 1 rings (SSSR count). The summed E-state index contributed by atoms with van der Waals surface area (Å²) in [6.07, 6.45) is 0. The molecule has 1 aromatic rings. The maximum atomic E-state index is 11.1. The normalized spacial score (nSPS) is 10.0. The van der Waals surface area contributed by atoms with Crippen molar-refractivity contribution < 1.29 is 4.85 Å². The Balaban J connectivity index is 2.90. The molecule has 0 aliphatic rings. The average molecular weight is 185 g/mol. The van der Waals surface area contributed by atoms with Crippen molar-refractivity contribution in [2.45, 2.75) is 13.8 Å². The van der Waals surface area contributed by atoms with Crippen LogP contribution >= 0.6 is 0 Å². The molecule has 0 aromatic carbocycles. The number of nitrogens with zero attached hydrogens (tertiary/aromatic N) is 2. The molecule has 74 valence electrons. The summed E-state index contributed by atoms with van der Waals surface area (Å²) >= 11 is 0. The predicted octanol–water partition coefficient (Wildman–Crippen LogP) is 0.331. The van der Waals surface area contributed by atoms with E-state index in [1.807, 2.05) is 13.8 Å². The van der Waals surface area contributed by atoms with Crippen LogP contribution in [0.2, 0.25) is 0 Å². The number of anilines is 2. The molecule has 0 unspecified atom stereocenters. The van der Waals surface area contributed by atoms with E-state index >= 15 is 0 Å².